The highest BCUT2D eigenvalue weighted by molar-refractivity contribution is 7.92. The molecule has 0 aromatic heterocycles. The third kappa shape index (κ3) is 6.21. The summed E-state index contributed by atoms with van der Waals surface area (Å²) >= 11 is 5.94. The smallest absolute Gasteiger partial charge is 0.244 e. The second-order valence-corrected chi connectivity index (χ2v) is 9.79. The average Bonchev–Trinajstić information content (AvgIpc) is 2.70. The van der Waals surface area contributed by atoms with E-state index in [1.165, 1.54) is 11.9 Å². The normalized spacial score (nSPS) is 12.2. The monoisotopic (exact) mass is 465 g/mol. The molecule has 0 fully saturated rings. The maximum absolute atomic E-state index is 13.3. The largest absolute Gasteiger partial charge is 0.357 e. The van der Waals surface area contributed by atoms with Crippen LogP contribution in [0.15, 0.2) is 42.5 Å². The molecule has 2 aromatic carbocycles. The minimum atomic E-state index is -3.75. The summed E-state index contributed by atoms with van der Waals surface area (Å²) in [4.78, 5) is 27.0. The molecule has 2 amide bonds. The van der Waals surface area contributed by atoms with Gasteiger partial charge in [-0.1, -0.05) is 41.9 Å². The van der Waals surface area contributed by atoms with Crippen LogP contribution in [0.5, 0.6) is 0 Å². The molecule has 0 bridgehead atoms. The number of nitrogens with one attached hydrogen (secondary N) is 1. The predicted octanol–water partition coefficient (Wildman–Crippen LogP) is 2.89. The number of halogens is 1. The third-order valence-electron chi connectivity index (χ3n) is 5.05. The first-order valence-electron chi connectivity index (χ1n) is 9.75. The lowest BCUT2D eigenvalue weighted by Gasteiger charge is -2.32. The Balaban J connectivity index is 2.43. The summed E-state index contributed by atoms with van der Waals surface area (Å²) < 4.78 is 26.3. The van der Waals surface area contributed by atoms with Gasteiger partial charge >= 0.3 is 0 Å². The van der Waals surface area contributed by atoms with Gasteiger partial charge in [0.25, 0.3) is 0 Å². The molecule has 1 atom stereocenters. The molecular formula is C22H28ClN3O4S. The van der Waals surface area contributed by atoms with Gasteiger partial charge in [-0.15, -0.1) is 0 Å². The van der Waals surface area contributed by atoms with Crippen molar-refractivity contribution < 1.29 is 18.0 Å². The van der Waals surface area contributed by atoms with E-state index in [1.54, 1.807) is 57.2 Å². The van der Waals surface area contributed by atoms with Crippen LogP contribution >= 0.6 is 11.6 Å². The molecule has 2 rings (SSSR count). The Morgan fingerprint density at radius 2 is 1.61 bits per heavy atom. The van der Waals surface area contributed by atoms with Crippen molar-refractivity contribution in [2.24, 2.45) is 0 Å². The standard InChI is InChI=1S/C22H28ClN3O4S/c1-15-7-6-8-16(2)21(15)26(31(5,29)30)14-20(27)25(17(3)22(28)24-4)13-18-9-11-19(23)12-10-18/h6-12,17H,13-14H2,1-5H3,(H,24,28)/t17-/m1/s1. The van der Waals surface area contributed by atoms with Gasteiger partial charge in [-0.25, -0.2) is 8.42 Å². The van der Waals surface area contributed by atoms with Gasteiger partial charge in [0.2, 0.25) is 21.8 Å². The van der Waals surface area contributed by atoms with Crippen LogP contribution < -0.4 is 9.62 Å². The van der Waals surface area contributed by atoms with E-state index in [1.807, 2.05) is 6.07 Å². The van der Waals surface area contributed by atoms with Crippen molar-refractivity contribution in [3.05, 3.63) is 64.2 Å². The first-order chi connectivity index (χ1) is 14.5. The lowest BCUT2D eigenvalue weighted by molar-refractivity contribution is -0.139. The summed E-state index contributed by atoms with van der Waals surface area (Å²) in [5.74, 6) is -0.834. The first kappa shape index (κ1) is 24.7. The number of hydrogen-bond acceptors (Lipinski definition) is 4. The van der Waals surface area contributed by atoms with Crippen molar-refractivity contribution in [3.8, 4) is 0 Å². The fraction of sp³-hybridized carbons (Fsp3) is 0.364. The molecule has 1 N–H and O–H groups in total. The van der Waals surface area contributed by atoms with E-state index >= 15 is 0 Å². The SMILES string of the molecule is CNC(=O)[C@@H](C)N(Cc1ccc(Cl)cc1)C(=O)CN(c1c(C)cccc1C)S(C)(=O)=O. The van der Waals surface area contributed by atoms with Crippen LogP contribution in [0.25, 0.3) is 0 Å². The van der Waals surface area contributed by atoms with Gasteiger partial charge in [-0.3, -0.25) is 13.9 Å². The van der Waals surface area contributed by atoms with Gasteiger partial charge in [0, 0.05) is 18.6 Å². The van der Waals surface area contributed by atoms with Gasteiger partial charge < -0.3 is 10.2 Å². The number of hydrogen-bond donors (Lipinski definition) is 1. The van der Waals surface area contributed by atoms with E-state index < -0.39 is 28.5 Å². The molecule has 0 saturated heterocycles. The fourth-order valence-electron chi connectivity index (χ4n) is 3.35. The summed E-state index contributed by atoms with van der Waals surface area (Å²) in [7, 11) is -2.26. The zero-order valence-electron chi connectivity index (χ0n) is 18.3. The molecule has 2 aromatic rings. The van der Waals surface area contributed by atoms with Crippen LogP contribution in [0, 0.1) is 13.8 Å². The number of benzene rings is 2. The second kappa shape index (κ2) is 10.2. The number of carbonyl (C=O) groups is 2. The summed E-state index contributed by atoms with van der Waals surface area (Å²) in [5.41, 5.74) is 2.72. The minimum Gasteiger partial charge on any atom is -0.357 e. The molecule has 168 valence electrons. The number of nitrogens with zero attached hydrogens (tertiary/aromatic N) is 2. The van der Waals surface area contributed by atoms with Gasteiger partial charge in [0.15, 0.2) is 0 Å². The highest BCUT2D eigenvalue weighted by Crippen LogP contribution is 2.27. The zero-order valence-corrected chi connectivity index (χ0v) is 19.9. The predicted molar refractivity (Wildman–Crippen MR) is 124 cm³/mol. The van der Waals surface area contributed by atoms with Gasteiger partial charge in [0.1, 0.15) is 12.6 Å². The van der Waals surface area contributed by atoms with Crippen molar-refractivity contribution >= 4 is 39.1 Å². The van der Waals surface area contributed by atoms with E-state index in [0.717, 1.165) is 27.3 Å². The summed E-state index contributed by atoms with van der Waals surface area (Å²) in [6, 6.07) is 11.5. The van der Waals surface area contributed by atoms with Gasteiger partial charge in [-0.05, 0) is 49.6 Å². The molecule has 0 heterocycles. The number of rotatable bonds is 8. The molecule has 0 spiro atoms. The lowest BCUT2D eigenvalue weighted by atomic mass is 10.1. The molecule has 0 aliphatic carbocycles. The van der Waals surface area contributed by atoms with Crippen molar-refractivity contribution in [2.75, 3.05) is 24.2 Å². The van der Waals surface area contributed by atoms with Crippen LogP contribution in [-0.2, 0) is 26.2 Å². The summed E-state index contributed by atoms with van der Waals surface area (Å²) in [6.07, 6.45) is 1.07. The Labute approximate surface area is 189 Å². The van der Waals surface area contributed by atoms with Crippen molar-refractivity contribution in [1.82, 2.24) is 10.2 Å². The van der Waals surface area contributed by atoms with E-state index in [0.29, 0.717) is 10.7 Å². The molecule has 7 nitrogen and oxygen atoms in total. The second-order valence-electron chi connectivity index (χ2n) is 7.45. The fourth-order valence-corrected chi connectivity index (χ4v) is 4.44. The topological polar surface area (TPSA) is 86.8 Å². The number of amides is 2. The van der Waals surface area contributed by atoms with Crippen LogP contribution in [0.4, 0.5) is 5.69 Å². The number of sulfonamides is 1. The van der Waals surface area contributed by atoms with Crippen LogP contribution in [0.2, 0.25) is 5.02 Å². The van der Waals surface area contributed by atoms with Crippen molar-refractivity contribution in [1.29, 1.82) is 0 Å². The van der Waals surface area contributed by atoms with Crippen LogP contribution in [-0.4, -0.2) is 51.0 Å². The molecular weight excluding hydrogens is 438 g/mol. The highest BCUT2D eigenvalue weighted by Gasteiger charge is 2.30. The molecule has 0 aliphatic rings. The maximum atomic E-state index is 13.3. The maximum Gasteiger partial charge on any atom is 0.244 e. The Morgan fingerprint density at radius 1 is 1.06 bits per heavy atom. The Morgan fingerprint density at radius 3 is 2.10 bits per heavy atom. The number of aryl methyl sites for hydroxylation is 2. The molecule has 0 radical (unpaired) electrons. The summed E-state index contributed by atoms with van der Waals surface area (Å²) in [5, 5.41) is 3.10. The lowest BCUT2D eigenvalue weighted by Crippen LogP contribution is -2.50. The molecule has 31 heavy (non-hydrogen) atoms. The molecule has 0 saturated carbocycles. The number of anilines is 1. The zero-order chi connectivity index (χ0) is 23.3. The van der Waals surface area contributed by atoms with E-state index in [-0.39, 0.29) is 12.5 Å². The first-order valence-corrected chi connectivity index (χ1v) is 12.0. The Kier molecular flexibility index (Phi) is 8.08. The Hall–Kier alpha value is -2.58. The summed E-state index contributed by atoms with van der Waals surface area (Å²) in [6.45, 7) is 4.91. The van der Waals surface area contributed by atoms with Crippen molar-refractivity contribution in [2.45, 2.75) is 33.4 Å². The van der Waals surface area contributed by atoms with Crippen LogP contribution in [0.3, 0.4) is 0 Å². The average molecular weight is 466 g/mol. The molecule has 0 aliphatic heterocycles. The van der Waals surface area contributed by atoms with E-state index in [2.05, 4.69) is 5.32 Å². The number of likely N-dealkylation sites (N-methyl/N-ethyl adjacent to an activating group) is 1. The van der Waals surface area contributed by atoms with E-state index in [9.17, 15) is 18.0 Å². The highest BCUT2D eigenvalue weighted by atomic mass is 35.5. The quantitative estimate of drug-likeness (QED) is 0.649. The van der Waals surface area contributed by atoms with Gasteiger partial charge in [-0.2, -0.15) is 0 Å². The van der Waals surface area contributed by atoms with Crippen molar-refractivity contribution in [3.63, 3.8) is 0 Å². The van der Waals surface area contributed by atoms with Crippen LogP contribution in [0.1, 0.15) is 23.6 Å². The van der Waals surface area contributed by atoms with E-state index in [4.69, 9.17) is 11.6 Å². The number of para-hydroxylation sites is 1. The minimum absolute atomic E-state index is 0.134. The molecule has 9 heteroatoms. The third-order valence-corrected chi connectivity index (χ3v) is 6.41. The Bertz CT molecular complexity index is 1030. The molecule has 0 unspecified atom stereocenters. The number of carbonyl (C=O) groups excluding carboxylic acids is 2. The van der Waals surface area contributed by atoms with Gasteiger partial charge in [0.05, 0.1) is 11.9 Å².